The fraction of sp³-hybridized carbons (Fsp3) is 0.333. The molecular formula is C9H9ClF3N3O. The summed E-state index contributed by atoms with van der Waals surface area (Å²) >= 11 is 5.66. The number of anilines is 1. The Bertz CT molecular complexity index is 436. The normalized spacial score (nSPS) is 11.4. The predicted octanol–water partition coefficient (Wildman–Crippen LogP) is 1.95. The van der Waals surface area contributed by atoms with Gasteiger partial charge in [-0.15, -0.1) is 0 Å². The Balaban J connectivity index is 2.93. The van der Waals surface area contributed by atoms with Crippen LogP contribution in [0.3, 0.4) is 0 Å². The molecule has 0 atom stereocenters. The number of amides is 1. The summed E-state index contributed by atoms with van der Waals surface area (Å²) in [6.45, 7) is -1.38. The second-order valence-electron chi connectivity index (χ2n) is 3.34. The Morgan fingerprint density at radius 1 is 1.53 bits per heavy atom. The van der Waals surface area contributed by atoms with Gasteiger partial charge in [0.15, 0.2) is 0 Å². The number of nitrogens with zero attached hydrogens (tertiary/aromatic N) is 2. The van der Waals surface area contributed by atoms with Crippen LogP contribution in [0.5, 0.6) is 0 Å². The molecule has 0 aliphatic carbocycles. The van der Waals surface area contributed by atoms with Gasteiger partial charge in [-0.05, 0) is 12.1 Å². The van der Waals surface area contributed by atoms with Crippen LogP contribution in [0, 0.1) is 0 Å². The molecule has 0 aromatic carbocycles. The Hall–Kier alpha value is -1.50. The third-order valence-corrected chi connectivity index (χ3v) is 2.14. The Kier molecular flexibility index (Phi) is 3.82. The van der Waals surface area contributed by atoms with Crippen molar-refractivity contribution in [3.63, 3.8) is 0 Å². The molecule has 0 saturated heterocycles. The van der Waals surface area contributed by atoms with Crippen LogP contribution >= 0.6 is 11.6 Å². The van der Waals surface area contributed by atoms with Crippen LogP contribution in [0.15, 0.2) is 12.1 Å². The molecule has 1 aromatic rings. The number of halogens is 4. The number of carbonyl (C=O) groups excluding carboxylic acids is 1. The summed E-state index contributed by atoms with van der Waals surface area (Å²) in [4.78, 5) is 15.7. The molecular weight excluding hydrogens is 259 g/mol. The first-order valence-electron chi connectivity index (χ1n) is 4.45. The second kappa shape index (κ2) is 4.79. The minimum absolute atomic E-state index is 0.0122. The summed E-state index contributed by atoms with van der Waals surface area (Å²) in [5, 5.41) is -0.0433. The first kappa shape index (κ1) is 13.6. The van der Waals surface area contributed by atoms with E-state index < -0.39 is 18.6 Å². The number of hydrogen-bond donors (Lipinski definition) is 1. The van der Waals surface area contributed by atoms with E-state index in [0.29, 0.717) is 4.90 Å². The highest BCUT2D eigenvalue weighted by molar-refractivity contribution is 6.33. The number of pyridine rings is 1. The molecule has 0 spiro atoms. The number of aromatic nitrogens is 1. The van der Waals surface area contributed by atoms with Crippen molar-refractivity contribution in [3.8, 4) is 0 Å². The molecule has 0 bridgehead atoms. The van der Waals surface area contributed by atoms with Gasteiger partial charge in [0.2, 0.25) is 0 Å². The van der Waals surface area contributed by atoms with E-state index in [4.69, 9.17) is 17.3 Å². The highest BCUT2D eigenvalue weighted by Crippen LogP contribution is 2.20. The van der Waals surface area contributed by atoms with Gasteiger partial charge in [0.05, 0.1) is 5.02 Å². The number of nitrogens with two attached hydrogens (primary N) is 1. The van der Waals surface area contributed by atoms with Crippen LogP contribution in [-0.2, 0) is 0 Å². The summed E-state index contributed by atoms with van der Waals surface area (Å²) in [6.07, 6.45) is -4.47. The average Bonchev–Trinajstić information content (AvgIpc) is 2.18. The summed E-state index contributed by atoms with van der Waals surface area (Å²) in [6, 6.07) is 2.65. The van der Waals surface area contributed by atoms with Crippen molar-refractivity contribution in [2.24, 2.45) is 0 Å². The molecule has 8 heteroatoms. The molecule has 0 aliphatic rings. The molecule has 94 valence electrons. The average molecular weight is 268 g/mol. The molecule has 17 heavy (non-hydrogen) atoms. The summed E-state index contributed by atoms with van der Waals surface area (Å²) in [7, 11) is 1.01. The minimum atomic E-state index is -4.47. The lowest BCUT2D eigenvalue weighted by Crippen LogP contribution is -2.36. The monoisotopic (exact) mass is 267 g/mol. The molecule has 0 unspecified atom stereocenters. The van der Waals surface area contributed by atoms with E-state index >= 15 is 0 Å². The lowest BCUT2D eigenvalue weighted by atomic mass is 10.3. The lowest BCUT2D eigenvalue weighted by molar-refractivity contribution is -0.138. The standard InChI is InChI=1S/C9H9ClF3N3O/c1-16(4-9(11,12)13)8(17)7-5(10)2-3-6(14)15-7/h2-3H,4H2,1H3,(H2,14,15). The molecule has 1 rings (SSSR count). The Morgan fingerprint density at radius 2 is 2.12 bits per heavy atom. The maximum absolute atomic E-state index is 12.1. The zero-order chi connectivity index (χ0) is 13.2. The van der Waals surface area contributed by atoms with Crippen molar-refractivity contribution in [1.82, 2.24) is 9.88 Å². The molecule has 0 fully saturated rings. The topological polar surface area (TPSA) is 59.2 Å². The van der Waals surface area contributed by atoms with Crippen molar-refractivity contribution in [2.45, 2.75) is 6.18 Å². The first-order valence-corrected chi connectivity index (χ1v) is 4.83. The summed E-state index contributed by atoms with van der Waals surface area (Å²) in [5.74, 6) is -0.919. The minimum Gasteiger partial charge on any atom is -0.384 e. The molecule has 1 aromatic heterocycles. The van der Waals surface area contributed by atoms with Gasteiger partial charge in [0, 0.05) is 7.05 Å². The SMILES string of the molecule is CN(CC(F)(F)F)C(=O)c1nc(N)ccc1Cl. The molecule has 4 nitrogen and oxygen atoms in total. The van der Waals surface area contributed by atoms with Gasteiger partial charge in [0.25, 0.3) is 5.91 Å². The first-order chi connectivity index (χ1) is 7.70. The number of hydrogen-bond acceptors (Lipinski definition) is 3. The van der Waals surface area contributed by atoms with Crippen molar-refractivity contribution in [3.05, 3.63) is 22.8 Å². The van der Waals surface area contributed by atoms with Gasteiger partial charge in [-0.1, -0.05) is 11.6 Å². The third kappa shape index (κ3) is 3.77. The van der Waals surface area contributed by atoms with Crippen molar-refractivity contribution < 1.29 is 18.0 Å². The number of nitrogen functional groups attached to an aromatic ring is 1. The van der Waals surface area contributed by atoms with E-state index in [9.17, 15) is 18.0 Å². The van der Waals surface area contributed by atoms with Crippen LogP contribution in [0.4, 0.5) is 19.0 Å². The van der Waals surface area contributed by atoms with Gasteiger partial charge < -0.3 is 10.6 Å². The number of alkyl halides is 3. The maximum Gasteiger partial charge on any atom is 0.406 e. The van der Waals surface area contributed by atoms with Crippen molar-refractivity contribution in [1.29, 1.82) is 0 Å². The lowest BCUT2D eigenvalue weighted by Gasteiger charge is -2.18. The molecule has 2 N–H and O–H groups in total. The highest BCUT2D eigenvalue weighted by Gasteiger charge is 2.32. The van der Waals surface area contributed by atoms with Gasteiger partial charge in [-0.2, -0.15) is 13.2 Å². The molecule has 0 radical (unpaired) electrons. The van der Waals surface area contributed by atoms with Crippen molar-refractivity contribution >= 4 is 23.3 Å². The van der Waals surface area contributed by atoms with Gasteiger partial charge >= 0.3 is 6.18 Å². The van der Waals surface area contributed by atoms with Gasteiger partial charge in [0.1, 0.15) is 18.1 Å². The van der Waals surface area contributed by atoms with E-state index in [2.05, 4.69) is 4.98 Å². The summed E-state index contributed by atoms with van der Waals surface area (Å²) in [5.41, 5.74) is 5.04. The van der Waals surface area contributed by atoms with E-state index in [1.165, 1.54) is 12.1 Å². The summed E-state index contributed by atoms with van der Waals surface area (Å²) < 4.78 is 36.3. The molecule has 1 heterocycles. The molecule has 1 amide bonds. The van der Waals surface area contributed by atoms with Crippen LogP contribution in [0.1, 0.15) is 10.5 Å². The fourth-order valence-electron chi connectivity index (χ4n) is 1.13. The van der Waals surface area contributed by atoms with E-state index in [0.717, 1.165) is 7.05 Å². The predicted molar refractivity (Wildman–Crippen MR) is 56.7 cm³/mol. The van der Waals surface area contributed by atoms with E-state index in [-0.39, 0.29) is 16.5 Å². The third-order valence-electron chi connectivity index (χ3n) is 1.83. The van der Waals surface area contributed by atoms with Crippen LogP contribution in [-0.4, -0.2) is 35.6 Å². The fourth-order valence-corrected chi connectivity index (χ4v) is 1.31. The van der Waals surface area contributed by atoms with E-state index in [1.54, 1.807) is 0 Å². The van der Waals surface area contributed by atoms with Gasteiger partial charge in [-0.3, -0.25) is 4.79 Å². The van der Waals surface area contributed by atoms with E-state index in [1.807, 2.05) is 0 Å². The van der Waals surface area contributed by atoms with Gasteiger partial charge in [-0.25, -0.2) is 4.98 Å². The highest BCUT2D eigenvalue weighted by atomic mass is 35.5. The zero-order valence-corrected chi connectivity index (χ0v) is 9.51. The zero-order valence-electron chi connectivity index (χ0n) is 8.75. The van der Waals surface area contributed by atoms with Crippen LogP contribution in [0.2, 0.25) is 5.02 Å². The van der Waals surface area contributed by atoms with Crippen molar-refractivity contribution in [2.75, 3.05) is 19.3 Å². The Morgan fingerprint density at radius 3 is 2.65 bits per heavy atom. The maximum atomic E-state index is 12.1. The number of carbonyl (C=O) groups is 1. The quantitative estimate of drug-likeness (QED) is 0.891. The second-order valence-corrected chi connectivity index (χ2v) is 3.75. The largest absolute Gasteiger partial charge is 0.406 e. The molecule has 0 aliphatic heterocycles. The number of rotatable bonds is 2. The molecule has 0 saturated carbocycles. The smallest absolute Gasteiger partial charge is 0.384 e. The van der Waals surface area contributed by atoms with Crippen LogP contribution < -0.4 is 5.73 Å². The van der Waals surface area contributed by atoms with Crippen LogP contribution in [0.25, 0.3) is 0 Å². The Labute approximate surface area is 100 Å².